The van der Waals surface area contributed by atoms with Gasteiger partial charge in [-0.3, -0.25) is 15.0 Å². The first-order valence-corrected chi connectivity index (χ1v) is 10.2. The van der Waals surface area contributed by atoms with E-state index < -0.39 is 15.8 Å². The monoisotopic (exact) mass is 399 g/mol. The molecule has 0 spiro atoms. The molecule has 0 unspecified atom stereocenters. The standard InChI is InChI=1S/C15H18FN5O3S2/c1-11-18-19-15(25-11)17-14(22)10-20-6-8-21(9-7-20)26(23,24)13-4-2-12(16)3-5-13/h2-5H,6-10H2,1H3,(H,17,19,22). The average Bonchev–Trinajstić information content (AvgIpc) is 3.00. The Morgan fingerprint density at radius 2 is 1.85 bits per heavy atom. The first-order chi connectivity index (χ1) is 12.3. The van der Waals surface area contributed by atoms with Crippen molar-refractivity contribution in [2.24, 2.45) is 0 Å². The molecule has 1 N–H and O–H groups in total. The minimum atomic E-state index is -3.65. The van der Waals surface area contributed by atoms with Crippen LogP contribution in [0, 0.1) is 12.7 Å². The van der Waals surface area contributed by atoms with Crippen LogP contribution in [0.15, 0.2) is 29.2 Å². The zero-order chi connectivity index (χ0) is 18.7. The summed E-state index contributed by atoms with van der Waals surface area (Å²) in [7, 11) is -3.65. The number of nitrogens with zero attached hydrogens (tertiary/aromatic N) is 4. The van der Waals surface area contributed by atoms with E-state index in [-0.39, 0.29) is 30.4 Å². The summed E-state index contributed by atoms with van der Waals surface area (Å²) in [5, 5.41) is 11.6. The number of rotatable bonds is 5. The lowest BCUT2D eigenvalue weighted by Gasteiger charge is -2.33. The molecule has 1 saturated heterocycles. The Bertz CT molecular complexity index is 877. The van der Waals surface area contributed by atoms with Crippen molar-refractivity contribution in [3.63, 3.8) is 0 Å². The zero-order valence-corrected chi connectivity index (χ0v) is 15.7. The summed E-state index contributed by atoms with van der Waals surface area (Å²) in [5.41, 5.74) is 0. The molecule has 1 fully saturated rings. The summed E-state index contributed by atoms with van der Waals surface area (Å²) in [5.74, 6) is -0.693. The van der Waals surface area contributed by atoms with E-state index in [1.165, 1.54) is 27.8 Å². The van der Waals surface area contributed by atoms with Crippen LogP contribution >= 0.6 is 11.3 Å². The summed E-state index contributed by atoms with van der Waals surface area (Å²) < 4.78 is 39.5. The Morgan fingerprint density at radius 1 is 1.19 bits per heavy atom. The molecule has 0 aliphatic carbocycles. The second kappa shape index (κ2) is 7.74. The Labute approximate surface area is 154 Å². The molecule has 1 aliphatic heterocycles. The van der Waals surface area contributed by atoms with E-state index in [2.05, 4.69) is 15.5 Å². The number of aryl methyl sites for hydroxylation is 1. The number of sulfonamides is 1. The molecule has 26 heavy (non-hydrogen) atoms. The summed E-state index contributed by atoms with van der Waals surface area (Å²) in [6, 6.07) is 4.77. The maximum Gasteiger partial charge on any atom is 0.243 e. The second-order valence-corrected chi connectivity index (χ2v) is 8.93. The highest BCUT2D eigenvalue weighted by molar-refractivity contribution is 7.89. The normalized spacial score (nSPS) is 16.5. The minimum absolute atomic E-state index is 0.0664. The molecule has 0 atom stereocenters. The van der Waals surface area contributed by atoms with Gasteiger partial charge in [0.25, 0.3) is 0 Å². The Kier molecular flexibility index (Phi) is 5.61. The van der Waals surface area contributed by atoms with Crippen molar-refractivity contribution < 1.29 is 17.6 Å². The van der Waals surface area contributed by atoms with Crippen molar-refractivity contribution in [3.8, 4) is 0 Å². The molecule has 0 bridgehead atoms. The highest BCUT2D eigenvalue weighted by atomic mass is 32.2. The van der Waals surface area contributed by atoms with E-state index in [4.69, 9.17) is 0 Å². The highest BCUT2D eigenvalue weighted by Crippen LogP contribution is 2.18. The topological polar surface area (TPSA) is 95.5 Å². The average molecular weight is 399 g/mol. The van der Waals surface area contributed by atoms with Gasteiger partial charge >= 0.3 is 0 Å². The predicted molar refractivity (Wildman–Crippen MR) is 94.9 cm³/mol. The van der Waals surface area contributed by atoms with Crippen LogP contribution in [0.5, 0.6) is 0 Å². The van der Waals surface area contributed by atoms with Crippen LogP contribution in [0.2, 0.25) is 0 Å². The van der Waals surface area contributed by atoms with Gasteiger partial charge in [0.15, 0.2) is 0 Å². The molecular weight excluding hydrogens is 381 g/mol. The quantitative estimate of drug-likeness (QED) is 0.804. The predicted octanol–water partition coefficient (Wildman–Crippen LogP) is 0.931. The van der Waals surface area contributed by atoms with E-state index in [0.29, 0.717) is 18.2 Å². The van der Waals surface area contributed by atoms with E-state index in [1.807, 2.05) is 4.90 Å². The van der Waals surface area contributed by atoms with Gasteiger partial charge in [-0.05, 0) is 31.2 Å². The highest BCUT2D eigenvalue weighted by Gasteiger charge is 2.29. The summed E-state index contributed by atoms with van der Waals surface area (Å²) in [6.07, 6.45) is 0. The number of amides is 1. The van der Waals surface area contributed by atoms with Gasteiger partial charge in [0.05, 0.1) is 11.4 Å². The molecule has 1 aliphatic rings. The number of benzene rings is 1. The molecule has 8 nitrogen and oxygen atoms in total. The fourth-order valence-corrected chi connectivity index (χ4v) is 4.62. The number of piperazine rings is 1. The maximum absolute atomic E-state index is 13.0. The van der Waals surface area contributed by atoms with Crippen molar-refractivity contribution in [2.45, 2.75) is 11.8 Å². The molecule has 1 amide bonds. The van der Waals surface area contributed by atoms with Crippen LogP contribution < -0.4 is 5.32 Å². The zero-order valence-electron chi connectivity index (χ0n) is 14.1. The molecule has 2 aromatic rings. The molecule has 1 aromatic heterocycles. The number of hydrogen-bond donors (Lipinski definition) is 1. The Hall–Kier alpha value is -1.95. The Morgan fingerprint density at radius 3 is 2.42 bits per heavy atom. The molecule has 2 heterocycles. The molecule has 0 radical (unpaired) electrons. The number of hydrogen-bond acceptors (Lipinski definition) is 7. The SMILES string of the molecule is Cc1nnc(NC(=O)CN2CCN(S(=O)(=O)c3ccc(F)cc3)CC2)s1. The van der Waals surface area contributed by atoms with Crippen LogP contribution in [0.3, 0.4) is 0 Å². The maximum atomic E-state index is 13.0. The van der Waals surface area contributed by atoms with Gasteiger partial charge in [0, 0.05) is 26.2 Å². The van der Waals surface area contributed by atoms with E-state index in [9.17, 15) is 17.6 Å². The van der Waals surface area contributed by atoms with Crippen molar-refractivity contribution in [1.82, 2.24) is 19.4 Å². The number of anilines is 1. The van der Waals surface area contributed by atoms with E-state index in [0.717, 1.165) is 17.1 Å². The van der Waals surface area contributed by atoms with Gasteiger partial charge in [-0.2, -0.15) is 4.31 Å². The van der Waals surface area contributed by atoms with Gasteiger partial charge in [-0.1, -0.05) is 11.3 Å². The molecule has 140 valence electrons. The molecule has 0 saturated carbocycles. The van der Waals surface area contributed by atoms with Crippen molar-refractivity contribution in [1.29, 1.82) is 0 Å². The van der Waals surface area contributed by atoms with Crippen LogP contribution in [0.4, 0.5) is 9.52 Å². The third-order valence-corrected chi connectivity index (χ3v) is 6.59. The van der Waals surface area contributed by atoms with E-state index in [1.54, 1.807) is 6.92 Å². The first kappa shape index (κ1) is 18.8. The fraction of sp³-hybridized carbons (Fsp3) is 0.400. The van der Waals surface area contributed by atoms with E-state index >= 15 is 0 Å². The first-order valence-electron chi connectivity index (χ1n) is 7.92. The van der Waals surface area contributed by atoms with Crippen molar-refractivity contribution >= 4 is 32.4 Å². The third-order valence-electron chi connectivity index (χ3n) is 3.92. The van der Waals surface area contributed by atoms with Crippen LogP contribution in [-0.2, 0) is 14.8 Å². The van der Waals surface area contributed by atoms with Crippen molar-refractivity contribution in [3.05, 3.63) is 35.1 Å². The number of aromatic nitrogens is 2. The van der Waals surface area contributed by atoms with Gasteiger partial charge < -0.3 is 0 Å². The van der Waals surface area contributed by atoms with Gasteiger partial charge in [0.2, 0.25) is 21.1 Å². The number of carbonyl (C=O) groups is 1. The smallest absolute Gasteiger partial charge is 0.243 e. The molecular formula is C15H18FN5O3S2. The van der Waals surface area contributed by atoms with Gasteiger partial charge in [0.1, 0.15) is 10.8 Å². The number of halogens is 1. The largest absolute Gasteiger partial charge is 0.299 e. The van der Waals surface area contributed by atoms with Gasteiger partial charge in [-0.15, -0.1) is 10.2 Å². The number of carbonyl (C=O) groups excluding carboxylic acids is 1. The minimum Gasteiger partial charge on any atom is -0.299 e. The summed E-state index contributed by atoms with van der Waals surface area (Å²) in [6.45, 7) is 3.36. The number of nitrogens with one attached hydrogen (secondary N) is 1. The van der Waals surface area contributed by atoms with Crippen molar-refractivity contribution in [2.75, 3.05) is 38.0 Å². The lowest BCUT2D eigenvalue weighted by molar-refractivity contribution is -0.117. The summed E-state index contributed by atoms with van der Waals surface area (Å²) in [4.78, 5) is 14.0. The molecule has 1 aromatic carbocycles. The Balaban J connectivity index is 1.53. The molecule has 11 heteroatoms. The van der Waals surface area contributed by atoms with Gasteiger partial charge in [-0.25, -0.2) is 12.8 Å². The lowest BCUT2D eigenvalue weighted by atomic mass is 10.3. The van der Waals surface area contributed by atoms with Crippen LogP contribution in [0.1, 0.15) is 5.01 Å². The fourth-order valence-electron chi connectivity index (χ4n) is 2.59. The molecule has 3 rings (SSSR count). The van der Waals surface area contributed by atoms with Crippen LogP contribution in [-0.4, -0.2) is 66.5 Å². The van der Waals surface area contributed by atoms with Crippen LogP contribution in [0.25, 0.3) is 0 Å². The third kappa shape index (κ3) is 4.41. The lowest BCUT2D eigenvalue weighted by Crippen LogP contribution is -2.50. The second-order valence-electron chi connectivity index (χ2n) is 5.81. The summed E-state index contributed by atoms with van der Waals surface area (Å²) >= 11 is 1.29.